The van der Waals surface area contributed by atoms with Crippen LogP contribution in [0.5, 0.6) is 0 Å². The van der Waals surface area contributed by atoms with Crippen molar-refractivity contribution in [3.05, 3.63) is 41.7 Å². The van der Waals surface area contributed by atoms with Gasteiger partial charge >= 0.3 is 12.1 Å². The highest BCUT2D eigenvalue weighted by molar-refractivity contribution is 5.76. The first-order valence-electron chi connectivity index (χ1n) is 15.9. The minimum Gasteiger partial charge on any atom is -0.444 e. The van der Waals surface area contributed by atoms with Gasteiger partial charge in [-0.3, -0.25) is 0 Å². The quantitative estimate of drug-likeness (QED) is 0.490. The molecule has 3 aliphatic heterocycles. The smallest absolute Gasteiger partial charge is 0.410 e. The molecule has 0 unspecified atom stereocenters. The Hall–Kier alpha value is -4.07. The third-order valence-corrected chi connectivity index (χ3v) is 9.67. The van der Waals surface area contributed by atoms with Gasteiger partial charge in [-0.05, 0) is 82.9 Å². The molecule has 1 N–H and O–H groups in total. The van der Waals surface area contributed by atoms with E-state index in [2.05, 4.69) is 45.5 Å². The number of rotatable bonds is 5. The van der Waals surface area contributed by atoms with Gasteiger partial charge in [0, 0.05) is 57.4 Å². The highest BCUT2D eigenvalue weighted by Crippen LogP contribution is 2.48. The number of anilines is 3. The molecule has 1 spiro atoms. The average Bonchev–Trinajstić information content (AvgIpc) is 3.33. The summed E-state index contributed by atoms with van der Waals surface area (Å²) in [6.45, 7) is 10.4. The number of nitrogens with zero attached hydrogens (tertiary/aromatic N) is 7. The van der Waals surface area contributed by atoms with Crippen molar-refractivity contribution in [3.8, 4) is 6.07 Å². The number of carbonyl (C=O) groups excluding carboxylic acids is 2. The molecule has 4 heterocycles. The predicted molar refractivity (Wildman–Crippen MR) is 168 cm³/mol. The largest absolute Gasteiger partial charge is 0.444 e. The lowest BCUT2D eigenvalue weighted by Gasteiger charge is -2.53. The molecule has 1 saturated carbocycles. The predicted octanol–water partition coefficient (Wildman–Crippen LogP) is 5.32. The molecular weight excluding hydrogens is 556 g/mol. The highest BCUT2D eigenvalue weighted by Gasteiger charge is 2.48. The van der Waals surface area contributed by atoms with Crippen LogP contribution in [0, 0.1) is 16.7 Å². The van der Waals surface area contributed by atoms with Crippen molar-refractivity contribution in [1.82, 2.24) is 24.7 Å². The van der Waals surface area contributed by atoms with Gasteiger partial charge in [0.05, 0.1) is 12.2 Å². The number of benzene rings is 1. The second-order valence-electron chi connectivity index (χ2n) is 14.0. The molecule has 1 aliphatic carbocycles. The number of amides is 3. The lowest BCUT2D eigenvalue weighted by Crippen LogP contribution is -2.60. The van der Waals surface area contributed by atoms with Gasteiger partial charge in [-0.15, -0.1) is 0 Å². The van der Waals surface area contributed by atoms with E-state index in [0.29, 0.717) is 24.1 Å². The number of nitrogens with one attached hydrogen (secondary N) is 1. The van der Waals surface area contributed by atoms with E-state index in [4.69, 9.17) is 9.72 Å². The minimum atomic E-state index is -0.464. The van der Waals surface area contributed by atoms with Crippen LogP contribution in [0.15, 0.2) is 30.5 Å². The summed E-state index contributed by atoms with van der Waals surface area (Å²) in [5.74, 6) is 1.65. The van der Waals surface area contributed by atoms with Gasteiger partial charge in [0.1, 0.15) is 17.5 Å². The Labute approximate surface area is 260 Å². The first kappa shape index (κ1) is 30.0. The van der Waals surface area contributed by atoms with Crippen LogP contribution in [0.25, 0.3) is 0 Å². The van der Waals surface area contributed by atoms with Crippen LogP contribution in [0.1, 0.15) is 76.5 Å². The molecule has 11 nitrogen and oxygen atoms in total. The fourth-order valence-corrected chi connectivity index (χ4v) is 7.20. The summed E-state index contributed by atoms with van der Waals surface area (Å²) in [7, 11) is 1.85. The lowest BCUT2D eigenvalue weighted by molar-refractivity contribution is -0.0506. The van der Waals surface area contributed by atoms with E-state index in [9.17, 15) is 14.9 Å². The normalized spacial score (nSPS) is 22.2. The third-order valence-electron chi connectivity index (χ3n) is 9.67. The van der Waals surface area contributed by atoms with Gasteiger partial charge in [0.25, 0.3) is 0 Å². The Morgan fingerprint density at radius 2 is 1.82 bits per heavy atom. The Morgan fingerprint density at radius 1 is 1.09 bits per heavy atom. The van der Waals surface area contributed by atoms with Crippen molar-refractivity contribution >= 4 is 29.4 Å². The van der Waals surface area contributed by atoms with Crippen molar-refractivity contribution in [2.75, 3.05) is 56.5 Å². The van der Waals surface area contributed by atoms with Crippen LogP contribution in [0.3, 0.4) is 0 Å². The molecule has 1 aromatic carbocycles. The fraction of sp³-hybridized carbons (Fsp3) is 0.606. The van der Waals surface area contributed by atoms with Crippen molar-refractivity contribution in [1.29, 1.82) is 5.26 Å². The molecule has 3 saturated heterocycles. The van der Waals surface area contributed by atoms with Gasteiger partial charge in [-0.2, -0.15) is 5.26 Å². The SMILES string of the molecule is CN1CCN([C@@H]2CCCN(c3cnc(C#N)c(Nc4ccc(C5CCC6(CC5)CN(C(=O)OC(C)(C)C)C6)cc4)n3)C2)C1=O. The summed E-state index contributed by atoms with van der Waals surface area (Å²) >= 11 is 0. The Bertz CT molecular complexity index is 1420. The molecule has 4 aliphatic rings. The summed E-state index contributed by atoms with van der Waals surface area (Å²) in [6, 6.07) is 10.8. The topological polar surface area (TPSA) is 118 Å². The first-order valence-corrected chi connectivity index (χ1v) is 15.9. The third kappa shape index (κ3) is 6.26. The standard InChI is InChI=1S/C33H44N8O3/c1-32(2,3)44-31(43)40-21-33(22-40)13-11-24(12-14-33)23-7-9-25(10-8-23)36-29-27(18-34)35-19-28(37-29)39-15-5-6-26(20-39)41-17-16-38(4)30(41)42/h7-10,19,24,26H,5-6,11-17,20-22H2,1-4H3,(H,36,37)/t26-/m1/s1. The van der Waals surface area contributed by atoms with Gasteiger partial charge < -0.3 is 29.7 Å². The number of urea groups is 1. The van der Waals surface area contributed by atoms with Crippen LogP contribution in [0.2, 0.25) is 0 Å². The lowest BCUT2D eigenvalue weighted by atomic mass is 9.65. The van der Waals surface area contributed by atoms with Crippen molar-refractivity contribution in [2.45, 2.75) is 76.9 Å². The van der Waals surface area contributed by atoms with E-state index in [1.54, 1.807) is 11.1 Å². The Kier molecular flexibility index (Phi) is 8.03. The zero-order valence-corrected chi connectivity index (χ0v) is 26.4. The molecule has 11 heteroatoms. The molecule has 0 bridgehead atoms. The monoisotopic (exact) mass is 600 g/mol. The maximum atomic E-state index is 12.6. The second-order valence-corrected chi connectivity index (χ2v) is 14.0. The summed E-state index contributed by atoms with van der Waals surface area (Å²) in [5, 5.41) is 13.1. The van der Waals surface area contributed by atoms with E-state index in [1.165, 1.54) is 5.56 Å². The summed E-state index contributed by atoms with van der Waals surface area (Å²) in [5.41, 5.74) is 2.20. The number of ether oxygens (including phenoxy) is 1. The van der Waals surface area contributed by atoms with E-state index in [-0.39, 0.29) is 29.3 Å². The van der Waals surface area contributed by atoms with Crippen LogP contribution in [-0.2, 0) is 4.74 Å². The van der Waals surface area contributed by atoms with Crippen molar-refractivity contribution in [2.24, 2.45) is 5.41 Å². The van der Waals surface area contributed by atoms with Crippen LogP contribution in [-0.4, -0.2) is 94.8 Å². The molecule has 234 valence electrons. The average molecular weight is 601 g/mol. The van der Waals surface area contributed by atoms with Crippen LogP contribution < -0.4 is 10.2 Å². The number of hydrogen-bond donors (Lipinski definition) is 1. The fourth-order valence-electron chi connectivity index (χ4n) is 7.20. The second kappa shape index (κ2) is 11.8. The number of carbonyl (C=O) groups is 2. The zero-order chi connectivity index (χ0) is 31.1. The van der Waals surface area contributed by atoms with Crippen molar-refractivity contribution in [3.63, 3.8) is 0 Å². The number of aromatic nitrogens is 2. The molecule has 1 atom stereocenters. The van der Waals surface area contributed by atoms with E-state index in [0.717, 1.165) is 76.9 Å². The van der Waals surface area contributed by atoms with Gasteiger partial charge in [-0.25, -0.2) is 19.6 Å². The summed E-state index contributed by atoms with van der Waals surface area (Å²) in [6.07, 6.45) is 7.86. The minimum absolute atomic E-state index is 0.0918. The zero-order valence-electron chi connectivity index (χ0n) is 26.4. The summed E-state index contributed by atoms with van der Waals surface area (Å²) in [4.78, 5) is 42.0. The van der Waals surface area contributed by atoms with Crippen LogP contribution >= 0.6 is 0 Å². The molecule has 3 amide bonds. The molecule has 2 aromatic rings. The Morgan fingerprint density at radius 3 is 2.45 bits per heavy atom. The first-order chi connectivity index (χ1) is 21.0. The van der Waals surface area contributed by atoms with Crippen molar-refractivity contribution < 1.29 is 14.3 Å². The maximum Gasteiger partial charge on any atom is 0.410 e. The number of likely N-dealkylation sites (tertiary alicyclic amines) is 1. The van der Waals surface area contributed by atoms with Gasteiger partial charge in [0.2, 0.25) is 0 Å². The van der Waals surface area contributed by atoms with E-state index >= 15 is 0 Å². The maximum absolute atomic E-state index is 12.6. The van der Waals surface area contributed by atoms with E-state index < -0.39 is 5.60 Å². The molecule has 6 rings (SSSR count). The van der Waals surface area contributed by atoms with E-state index in [1.807, 2.05) is 37.6 Å². The van der Waals surface area contributed by atoms with Gasteiger partial charge in [-0.1, -0.05) is 12.1 Å². The van der Waals surface area contributed by atoms with Gasteiger partial charge in [0.15, 0.2) is 11.5 Å². The highest BCUT2D eigenvalue weighted by atomic mass is 16.6. The number of likely N-dealkylation sites (N-methyl/N-ethyl adjacent to an activating group) is 1. The molecule has 1 aromatic heterocycles. The molecule has 44 heavy (non-hydrogen) atoms. The number of hydrogen-bond acceptors (Lipinski definition) is 8. The Balaban J connectivity index is 1.05. The number of nitriles is 1. The molecular formula is C33H44N8O3. The van der Waals surface area contributed by atoms with Crippen LogP contribution in [0.4, 0.5) is 26.9 Å². The number of piperidine rings is 1. The summed E-state index contributed by atoms with van der Waals surface area (Å²) < 4.78 is 5.54. The molecule has 0 radical (unpaired) electrons. The molecule has 4 fully saturated rings.